The van der Waals surface area contributed by atoms with E-state index in [9.17, 15) is 0 Å². The minimum atomic E-state index is 0.174. The molecule has 0 aliphatic carbocycles. The van der Waals surface area contributed by atoms with Crippen molar-refractivity contribution < 1.29 is 0 Å². The van der Waals surface area contributed by atoms with Gasteiger partial charge in [0.25, 0.3) is 0 Å². The molecule has 0 saturated heterocycles. The number of hydrogen-bond acceptors (Lipinski definition) is 2. The van der Waals surface area contributed by atoms with Gasteiger partial charge in [0, 0.05) is 19.0 Å². The van der Waals surface area contributed by atoms with Crippen LogP contribution in [0.1, 0.15) is 18.7 Å². The molecule has 0 spiro atoms. The Bertz CT molecular complexity index is 394. The van der Waals surface area contributed by atoms with Crippen molar-refractivity contribution in [2.45, 2.75) is 20.8 Å². The van der Waals surface area contributed by atoms with Crippen molar-refractivity contribution in [1.82, 2.24) is 0 Å². The molecule has 0 fully saturated rings. The molecule has 17 heavy (non-hydrogen) atoms. The van der Waals surface area contributed by atoms with Crippen molar-refractivity contribution in [2.24, 2.45) is 21.5 Å². The van der Waals surface area contributed by atoms with Crippen LogP contribution in [0.5, 0.6) is 0 Å². The summed E-state index contributed by atoms with van der Waals surface area (Å²) in [4.78, 5) is 10.6. The van der Waals surface area contributed by atoms with Gasteiger partial charge in [0.15, 0.2) is 0 Å². The number of nitrogens with two attached hydrogens (primary N) is 2. The van der Waals surface area contributed by atoms with Crippen LogP contribution in [0.15, 0.2) is 22.1 Å². The zero-order valence-electron chi connectivity index (χ0n) is 11.1. The molecule has 0 bridgehead atoms. The van der Waals surface area contributed by atoms with E-state index in [-0.39, 0.29) is 5.96 Å². The Morgan fingerprint density at radius 3 is 2.29 bits per heavy atom. The van der Waals surface area contributed by atoms with E-state index in [4.69, 9.17) is 11.5 Å². The van der Waals surface area contributed by atoms with E-state index in [0.717, 1.165) is 5.00 Å². The monoisotopic (exact) mass is 255 g/mol. The average molecular weight is 255 g/mol. The van der Waals surface area contributed by atoms with Gasteiger partial charge in [-0.1, -0.05) is 13.8 Å². The largest absolute Gasteiger partial charge is 0.369 e. The molecular weight excluding hydrogens is 234 g/mol. The Morgan fingerprint density at radius 1 is 1.29 bits per heavy atom. The highest BCUT2D eigenvalue weighted by atomic mass is 32.1. The molecule has 0 saturated carbocycles. The number of aliphatic imine (C=N–C) groups is 2. The molecule has 1 aromatic heterocycles. The third-order valence-electron chi connectivity index (χ3n) is 1.86. The fraction of sp³-hybridized carbons (Fsp3) is 0.455. The van der Waals surface area contributed by atoms with E-state index in [1.54, 1.807) is 23.3 Å². The smallest absolute Gasteiger partial charge is 0.218 e. The van der Waals surface area contributed by atoms with Gasteiger partial charge in [-0.15, -0.1) is 11.3 Å². The molecule has 1 heterocycles. The van der Waals surface area contributed by atoms with Crippen LogP contribution in [0.3, 0.4) is 0 Å². The summed E-state index contributed by atoms with van der Waals surface area (Å²) in [5.41, 5.74) is 11.2. The van der Waals surface area contributed by atoms with E-state index in [0.29, 0.717) is 5.96 Å². The molecule has 5 nitrogen and oxygen atoms in total. The lowest BCUT2D eigenvalue weighted by molar-refractivity contribution is 1.24. The average Bonchev–Trinajstić information content (AvgIpc) is 2.77. The zero-order valence-corrected chi connectivity index (χ0v) is 11.9. The van der Waals surface area contributed by atoms with Crippen molar-refractivity contribution in [3.63, 3.8) is 0 Å². The fourth-order valence-corrected chi connectivity index (χ4v) is 1.79. The van der Waals surface area contributed by atoms with Gasteiger partial charge in [0.05, 0.1) is 5.00 Å². The summed E-state index contributed by atoms with van der Waals surface area (Å²) >= 11 is 1.64. The van der Waals surface area contributed by atoms with Crippen molar-refractivity contribution >= 4 is 28.3 Å². The topological polar surface area (TPSA) is 80.0 Å². The molecule has 0 aliphatic rings. The minimum absolute atomic E-state index is 0.174. The fourth-order valence-electron chi connectivity index (χ4n) is 0.957. The third-order valence-corrected chi connectivity index (χ3v) is 2.94. The SMILES string of the molecule is CC.CN=C(N)/N=C(\N)N(C)c1ccc(C)s1. The number of nitrogens with zero attached hydrogens (tertiary/aromatic N) is 3. The second-order valence-electron chi connectivity index (χ2n) is 3.00. The molecular formula is C11H21N5S. The summed E-state index contributed by atoms with van der Waals surface area (Å²) in [5, 5.41) is 1.03. The predicted octanol–water partition coefficient (Wildman–Crippen LogP) is 1.78. The molecule has 96 valence electrons. The van der Waals surface area contributed by atoms with Gasteiger partial charge in [0.1, 0.15) is 0 Å². The number of aryl methyl sites for hydroxylation is 1. The van der Waals surface area contributed by atoms with Crippen molar-refractivity contribution in [1.29, 1.82) is 0 Å². The van der Waals surface area contributed by atoms with E-state index in [2.05, 4.69) is 9.98 Å². The van der Waals surface area contributed by atoms with Gasteiger partial charge in [-0.25, -0.2) is 0 Å². The number of rotatable bonds is 1. The first-order valence-corrected chi connectivity index (χ1v) is 6.23. The third kappa shape index (κ3) is 4.86. The summed E-state index contributed by atoms with van der Waals surface area (Å²) in [5.74, 6) is 0.507. The Balaban J connectivity index is 0.00000121. The van der Waals surface area contributed by atoms with Crippen LogP contribution in [0.25, 0.3) is 0 Å². The second-order valence-corrected chi connectivity index (χ2v) is 4.26. The Hall–Kier alpha value is -1.56. The van der Waals surface area contributed by atoms with Gasteiger partial charge in [-0.3, -0.25) is 4.99 Å². The predicted molar refractivity (Wildman–Crippen MR) is 78.0 cm³/mol. The molecule has 1 aromatic rings. The molecule has 0 atom stereocenters. The molecule has 0 amide bonds. The van der Waals surface area contributed by atoms with Crippen molar-refractivity contribution in [3.8, 4) is 0 Å². The summed E-state index contributed by atoms with van der Waals surface area (Å²) in [6.07, 6.45) is 0. The molecule has 6 heteroatoms. The first-order chi connectivity index (χ1) is 8.04. The number of thiophene rings is 1. The van der Waals surface area contributed by atoms with E-state index in [1.165, 1.54) is 4.88 Å². The Labute approximate surface area is 107 Å². The summed E-state index contributed by atoms with van der Waals surface area (Å²) in [7, 11) is 3.41. The molecule has 0 unspecified atom stereocenters. The Kier molecular flexibility index (Phi) is 6.97. The lowest BCUT2D eigenvalue weighted by Gasteiger charge is -2.15. The first kappa shape index (κ1) is 15.4. The summed E-state index contributed by atoms with van der Waals surface area (Å²) < 4.78 is 0. The zero-order chi connectivity index (χ0) is 13.4. The quantitative estimate of drug-likeness (QED) is 0.593. The lowest BCUT2D eigenvalue weighted by Crippen LogP contribution is -2.35. The minimum Gasteiger partial charge on any atom is -0.369 e. The van der Waals surface area contributed by atoms with Crippen LogP contribution >= 0.6 is 11.3 Å². The standard InChI is InChI=1S/C9H15N5S.C2H6/c1-6-4-5-7(15-6)14(3)9(11)13-8(10)12-2;1-2/h4-5H,1-3H3,(H4,10,11,12,13);1-2H3. The normalized spacial score (nSPS) is 11.8. The van der Waals surface area contributed by atoms with E-state index < -0.39 is 0 Å². The van der Waals surface area contributed by atoms with Gasteiger partial charge >= 0.3 is 0 Å². The number of anilines is 1. The van der Waals surface area contributed by atoms with E-state index in [1.807, 2.05) is 40.0 Å². The maximum absolute atomic E-state index is 5.76. The molecule has 0 aromatic carbocycles. The number of hydrogen-bond donors (Lipinski definition) is 2. The maximum atomic E-state index is 5.76. The van der Waals surface area contributed by atoms with Crippen LogP contribution in [-0.4, -0.2) is 26.0 Å². The van der Waals surface area contributed by atoms with Gasteiger partial charge in [-0.2, -0.15) is 4.99 Å². The summed E-state index contributed by atoms with van der Waals surface area (Å²) in [6, 6.07) is 4.02. The van der Waals surface area contributed by atoms with Crippen LogP contribution < -0.4 is 16.4 Å². The Morgan fingerprint density at radius 2 is 1.88 bits per heavy atom. The summed E-state index contributed by atoms with van der Waals surface area (Å²) in [6.45, 7) is 6.04. The molecule has 1 rings (SSSR count). The number of guanidine groups is 2. The lowest BCUT2D eigenvalue weighted by atomic mass is 10.5. The highest BCUT2D eigenvalue weighted by molar-refractivity contribution is 7.16. The van der Waals surface area contributed by atoms with Crippen LogP contribution in [0.2, 0.25) is 0 Å². The van der Waals surface area contributed by atoms with Gasteiger partial charge in [-0.05, 0) is 19.1 Å². The van der Waals surface area contributed by atoms with Crippen LogP contribution in [0, 0.1) is 6.92 Å². The van der Waals surface area contributed by atoms with Gasteiger partial charge in [0.2, 0.25) is 11.9 Å². The molecule has 0 aliphatic heterocycles. The van der Waals surface area contributed by atoms with Crippen LogP contribution in [0.4, 0.5) is 5.00 Å². The highest BCUT2D eigenvalue weighted by Gasteiger charge is 2.07. The van der Waals surface area contributed by atoms with Gasteiger partial charge < -0.3 is 16.4 Å². The molecule has 0 radical (unpaired) electrons. The molecule has 4 N–H and O–H groups in total. The van der Waals surface area contributed by atoms with Crippen LogP contribution in [-0.2, 0) is 0 Å². The van der Waals surface area contributed by atoms with E-state index >= 15 is 0 Å². The maximum Gasteiger partial charge on any atom is 0.218 e. The highest BCUT2D eigenvalue weighted by Crippen LogP contribution is 2.23. The second kappa shape index (κ2) is 7.67. The van der Waals surface area contributed by atoms with Crippen molar-refractivity contribution in [2.75, 3.05) is 19.0 Å². The van der Waals surface area contributed by atoms with Crippen molar-refractivity contribution in [3.05, 3.63) is 17.0 Å². The first-order valence-electron chi connectivity index (χ1n) is 5.41.